The number of aromatic nitrogens is 2. The SMILES string of the molecule is FC(F)n1ncc2cc([B-](F)(F)F)ccc21. The van der Waals surface area contributed by atoms with Gasteiger partial charge in [-0.15, -0.1) is 5.46 Å². The molecule has 8 heteroatoms. The van der Waals surface area contributed by atoms with Gasteiger partial charge in [-0.25, -0.2) is 4.68 Å². The van der Waals surface area contributed by atoms with Gasteiger partial charge >= 0.3 is 13.5 Å². The van der Waals surface area contributed by atoms with Gasteiger partial charge in [0.15, 0.2) is 0 Å². The van der Waals surface area contributed by atoms with Crippen LogP contribution in [0.5, 0.6) is 0 Å². The highest BCUT2D eigenvalue weighted by Crippen LogP contribution is 2.20. The summed E-state index contributed by atoms with van der Waals surface area (Å²) < 4.78 is 62.2. The molecule has 2 aromatic rings. The molecule has 0 radical (unpaired) electrons. The van der Waals surface area contributed by atoms with Crippen molar-refractivity contribution in [2.75, 3.05) is 0 Å². The number of hydrogen-bond donors (Lipinski definition) is 0. The summed E-state index contributed by atoms with van der Waals surface area (Å²) in [4.78, 5) is 0. The number of alkyl halides is 2. The third-order valence-electron chi connectivity index (χ3n) is 2.18. The van der Waals surface area contributed by atoms with E-state index in [9.17, 15) is 21.7 Å². The van der Waals surface area contributed by atoms with Gasteiger partial charge in [0.05, 0.1) is 11.7 Å². The Morgan fingerprint density at radius 3 is 2.44 bits per heavy atom. The first kappa shape index (κ1) is 10.9. The van der Waals surface area contributed by atoms with Gasteiger partial charge < -0.3 is 12.9 Å². The van der Waals surface area contributed by atoms with Gasteiger partial charge in [0.25, 0.3) is 0 Å². The molecule has 1 heterocycles. The van der Waals surface area contributed by atoms with Gasteiger partial charge in [-0.05, 0) is 6.07 Å². The number of halogens is 5. The van der Waals surface area contributed by atoms with Crippen molar-refractivity contribution in [2.45, 2.75) is 6.55 Å². The van der Waals surface area contributed by atoms with Crippen LogP contribution in [0.4, 0.5) is 21.7 Å². The molecule has 0 amide bonds. The van der Waals surface area contributed by atoms with Crippen molar-refractivity contribution < 1.29 is 21.7 Å². The maximum atomic E-state index is 12.4. The number of hydrogen-bond acceptors (Lipinski definition) is 1. The van der Waals surface area contributed by atoms with Gasteiger partial charge in [0, 0.05) is 5.39 Å². The first-order valence-electron chi connectivity index (χ1n) is 4.35. The van der Waals surface area contributed by atoms with E-state index in [0.717, 1.165) is 24.4 Å². The maximum absolute atomic E-state index is 12.4. The molecular formula is C8H5BF5N2-. The number of nitrogens with zero attached hydrogens (tertiary/aromatic N) is 2. The summed E-state index contributed by atoms with van der Waals surface area (Å²) in [6.07, 6.45) is 0.993. The smallest absolute Gasteiger partial charge is 0.445 e. The van der Waals surface area contributed by atoms with Crippen molar-refractivity contribution in [3.05, 3.63) is 24.4 Å². The molecule has 0 aliphatic heterocycles. The van der Waals surface area contributed by atoms with Gasteiger partial charge in [-0.2, -0.15) is 13.9 Å². The molecule has 0 unspecified atom stereocenters. The highest BCUT2D eigenvalue weighted by molar-refractivity contribution is 6.73. The topological polar surface area (TPSA) is 17.8 Å². The lowest BCUT2D eigenvalue weighted by atomic mass is 9.80. The molecule has 0 fully saturated rings. The van der Waals surface area contributed by atoms with Gasteiger partial charge in [0.2, 0.25) is 0 Å². The summed E-state index contributed by atoms with van der Waals surface area (Å²) in [7, 11) is 0. The van der Waals surface area contributed by atoms with Crippen LogP contribution in [0, 0.1) is 0 Å². The first-order chi connectivity index (χ1) is 7.39. The molecule has 1 aromatic heterocycles. The Bertz CT molecular complexity index is 519. The predicted octanol–water partition coefficient (Wildman–Crippen LogP) is 2.49. The minimum atomic E-state index is -5.12. The molecule has 0 aliphatic rings. The highest BCUT2D eigenvalue weighted by atomic mass is 19.4. The molecule has 0 saturated heterocycles. The fraction of sp³-hybridized carbons (Fsp3) is 0.125. The van der Waals surface area contributed by atoms with E-state index in [2.05, 4.69) is 5.10 Å². The molecular weight excluding hydrogens is 230 g/mol. The van der Waals surface area contributed by atoms with Gasteiger partial charge in [-0.1, -0.05) is 12.1 Å². The first-order valence-corrected chi connectivity index (χ1v) is 4.35. The Labute approximate surface area is 86.7 Å². The Morgan fingerprint density at radius 2 is 1.88 bits per heavy atom. The zero-order valence-corrected chi connectivity index (χ0v) is 7.75. The maximum Gasteiger partial charge on any atom is 0.509 e. The Morgan fingerprint density at radius 1 is 1.19 bits per heavy atom. The lowest BCUT2D eigenvalue weighted by molar-refractivity contribution is 0.0615. The molecule has 86 valence electrons. The van der Waals surface area contributed by atoms with Crippen molar-refractivity contribution in [3.8, 4) is 0 Å². The molecule has 2 nitrogen and oxygen atoms in total. The molecule has 0 N–H and O–H groups in total. The van der Waals surface area contributed by atoms with Crippen LogP contribution in [0.15, 0.2) is 24.4 Å². The van der Waals surface area contributed by atoms with Crippen LogP contribution in [0.25, 0.3) is 10.9 Å². The number of benzene rings is 1. The lowest BCUT2D eigenvalue weighted by Crippen LogP contribution is -2.33. The second-order valence-corrected chi connectivity index (χ2v) is 3.26. The van der Waals surface area contributed by atoms with E-state index in [-0.39, 0.29) is 10.9 Å². The molecule has 1 aromatic carbocycles. The second-order valence-electron chi connectivity index (χ2n) is 3.26. The minimum Gasteiger partial charge on any atom is -0.445 e. The molecule has 2 rings (SSSR count). The zero-order valence-electron chi connectivity index (χ0n) is 7.75. The van der Waals surface area contributed by atoms with E-state index >= 15 is 0 Å². The monoisotopic (exact) mass is 235 g/mol. The van der Waals surface area contributed by atoms with E-state index in [0.29, 0.717) is 4.68 Å². The Kier molecular flexibility index (Phi) is 2.36. The van der Waals surface area contributed by atoms with E-state index in [1.54, 1.807) is 0 Å². The Balaban J connectivity index is 2.58. The molecule has 0 aliphatic carbocycles. The molecule has 0 atom stereocenters. The van der Waals surface area contributed by atoms with Gasteiger partial charge in [0.1, 0.15) is 0 Å². The van der Waals surface area contributed by atoms with Crippen LogP contribution >= 0.6 is 0 Å². The summed E-state index contributed by atoms with van der Waals surface area (Å²) in [6.45, 7) is -7.98. The fourth-order valence-electron chi connectivity index (χ4n) is 1.43. The summed E-state index contributed by atoms with van der Waals surface area (Å²) in [6, 6.07) is 2.60. The van der Waals surface area contributed by atoms with Gasteiger partial charge in [-0.3, -0.25) is 0 Å². The normalized spacial score (nSPS) is 12.6. The van der Waals surface area contributed by atoms with Crippen molar-refractivity contribution in [2.24, 2.45) is 0 Å². The lowest BCUT2D eigenvalue weighted by Gasteiger charge is -2.14. The summed E-state index contributed by atoms with van der Waals surface area (Å²) in [5.74, 6) is 0. The molecule has 0 spiro atoms. The quantitative estimate of drug-likeness (QED) is 0.577. The fourth-order valence-corrected chi connectivity index (χ4v) is 1.43. The van der Waals surface area contributed by atoms with Crippen molar-refractivity contribution in [1.29, 1.82) is 0 Å². The largest absolute Gasteiger partial charge is 0.509 e. The van der Waals surface area contributed by atoms with Crippen LogP contribution in [-0.2, 0) is 0 Å². The minimum absolute atomic E-state index is 0.0150. The second kappa shape index (κ2) is 3.46. The number of rotatable bonds is 2. The Hall–Kier alpha value is -1.60. The summed E-state index contributed by atoms with van der Waals surface area (Å²) >= 11 is 0. The molecule has 16 heavy (non-hydrogen) atoms. The van der Waals surface area contributed by atoms with Crippen LogP contribution in [-0.4, -0.2) is 16.8 Å². The summed E-state index contributed by atoms with van der Waals surface area (Å²) in [5, 5.41) is 3.38. The molecule has 0 bridgehead atoms. The van der Waals surface area contributed by atoms with E-state index in [1.165, 1.54) is 0 Å². The third kappa shape index (κ3) is 1.75. The average molecular weight is 235 g/mol. The van der Waals surface area contributed by atoms with Crippen LogP contribution in [0.2, 0.25) is 0 Å². The van der Waals surface area contributed by atoms with E-state index in [4.69, 9.17) is 0 Å². The van der Waals surface area contributed by atoms with Crippen molar-refractivity contribution in [1.82, 2.24) is 9.78 Å². The predicted molar refractivity (Wildman–Crippen MR) is 49.7 cm³/mol. The van der Waals surface area contributed by atoms with E-state index < -0.39 is 19.0 Å². The van der Waals surface area contributed by atoms with Crippen molar-refractivity contribution in [3.63, 3.8) is 0 Å². The van der Waals surface area contributed by atoms with E-state index in [1.807, 2.05) is 0 Å². The van der Waals surface area contributed by atoms with Crippen LogP contribution < -0.4 is 5.46 Å². The summed E-state index contributed by atoms with van der Waals surface area (Å²) in [5.41, 5.74) is -0.833. The average Bonchev–Trinajstić information content (AvgIpc) is 2.58. The van der Waals surface area contributed by atoms with Crippen LogP contribution in [0.3, 0.4) is 0 Å². The molecule has 0 saturated carbocycles. The standard InChI is InChI=1S/C8H5BF5N2/c10-8(11)16-7-2-1-6(9(12,13)14)3-5(7)4-15-16/h1-4,8H/q-1. The van der Waals surface area contributed by atoms with Crippen molar-refractivity contribution >= 4 is 23.3 Å². The number of fused-ring (bicyclic) bond motifs is 1. The zero-order chi connectivity index (χ0) is 11.9. The van der Waals surface area contributed by atoms with Crippen LogP contribution in [0.1, 0.15) is 6.55 Å². The third-order valence-corrected chi connectivity index (χ3v) is 2.18. The highest BCUT2D eigenvalue weighted by Gasteiger charge is 2.26.